The summed E-state index contributed by atoms with van der Waals surface area (Å²) in [5.41, 5.74) is 5.53. The molecule has 0 heterocycles. The van der Waals surface area contributed by atoms with Gasteiger partial charge in [0.15, 0.2) is 0 Å². The summed E-state index contributed by atoms with van der Waals surface area (Å²) in [6, 6.07) is 18.7. The number of rotatable bonds is 5. The van der Waals surface area contributed by atoms with Crippen LogP contribution >= 0.6 is 0 Å². The molecule has 1 N–H and O–H groups in total. The molecule has 0 saturated carbocycles. The van der Waals surface area contributed by atoms with Crippen LogP contribution in [0.25, 0.3) is 11.1 Å². The number of hydrogen-bond acceptors (Lipinski definition) is 1. The molecule has 100 valence electrons. The predicted octanol–water partition coefficient (Wildman–Crippen LogP) is 5.41. The molecule has 0 saturated heterocycles. The van der Waals surface area contributed by atoms with E-state index in [9.17, 15) is 0 Å². The molecule has 0 amide bonds. The molecule has 0 atom stereocenters. The molecular weight excluding hydrogens is 242 g/mol. The summed E-state index contributed by atoms with van der Waals surface area (Å²) in [5.74, 6) is 0. The van der Waals surface area contributed by atoms with Crippen molar-refractivity contribution < 1.29 is 0 Å². The number of benzene rings is 2. The number of hydrogen-bond donors (Lipinski definition) is 1. The van der Waals surface area contributed by atoms with Crippen molar-refractivity contribution in [3.8, 4) is 11.1 Å². The average molecular weight is 261 g/mol. The monoisotopic (exact) mass is 261 g/mol. The van der Waals surface area contributed by atoms with Crippen LogP contribution in [0.15, 0.2) is 91.2 Å². The second-order valence-electron chi connectivity index (χ2n) is 4.57. The zero-order valence-corrected chi connectivity index (χ0v) is 11.8. The molecule has 2 aromatic carbocycles. The van der Waals surface area contributed by atoms with Gasteiger partial charge < -0.3 is 5.32 Å². The minimum absolute atomic E-state index is 0.979. The molecule has 0 fully saturated rings. The third-order valence-electron chi connectivity index (χ3n) is 3.21. The third kappa shape index (κ3) is 3.27. The summed E-state index contributed by atoms with van der Waals surface area (Å²) in [5, 5.41) is 3.35. The maximum absolute atomic E-state index is 3.82. The van der Waals surface area contributed by atoms with Crippen molar-refractivity contribution in [2.75, 3.05) is 5.32 Å². The molecule has 2 rings (SSSR count). The molecule has 0 bridgehead atoms. The van der Waals surface area contributed by atoms with E-state index in [0.717, 1.165) is 17.0 Å². The maximum Gasteiger partial charge on any atom is 0.0407 e. The van der Waals surface area contributed by atoms with Crippen LogP contribution in [-0.4, -0.2) is 0 Å². The smallest absolute Gasteiger partial charge is 0.0407 e. The van der Waals surface area contributed by atoms with Crippen molar-refractivity contribution in [2.24, 2.45) is 0 Å². The summed E-state index contributed by atoms with van der Waals surface area (Å²) < 4.78 is 0. The normalized spacial score (nSPS) is 11.4. The fourth-order valence-corrected chi connectivity index (χ4v) is 1.95. The van der Waals surface area contributed by atoms with E-state index in [4.69, 9.17) is 0 Å². The van der Waals surface area contributed by atoms with Gasteiger partial charge in [-0.3, -0.25) is 0 Å². The molecular formula is C19H19N. The Morgan fingerprint density at radius 3 is 2.00 bits per heavy atom. The molecule has 0 aliphatic heterocycles. The standard InChI is InChI=1S/C19H19N/c1-4-15(3)19(5-2)20-18-13-11-17(12-14-18)16-9-7-6-8-10-16/h4-14,20H,1-2H2,3H3/b19-15+. The summed E-state index contributed by atoms with van der Waals surface area (Å²) in [6.07, 6.45) is 3.63. The number of anilines is 1. The Bertz CT molecular complexity index is 619. The molecule has 1 nitrogen and oxygen atoms in total. The minimum Gasteiger partial charge on any atom is -0.355 e. The minimum atomic E-state index is 0.979. The van der Waals surface area contributed by atoms with E-state index >= 15 is 0 Å². The van der Waals surface area contributed by atoms with Crippen LogP contribution in [0.4, 0.5) is 5.69 Å². The van der Waals surface area contributed by atoms with Crippen molar-refractivity contribution >= 4 is 5.69 Å². The van der Waals surface area contributed by atoms with Crippen LogP contribution in [0.5, 0.6) is 0 Å². The Morgan fingerprint density at radius 2 is 1.45 bits per heavy atom. The fraction of sp³-hybridized carbons (Fsp3) is 0.0526. The second kappa shape index (κ2) is 6.58. The van der Waals surface area contributed by atoms with Gasteiger partial charge in [0.1, 0.15) is 0 Å². The zero-order chi connectivity index (χ0) is 14.4. The SMILES string of the molecule is C=C/C(C)=C(\C=C)Nc1ccc(-c2ccccc2)cc1. The van der Waals surface area contributed by atoms with Gasteiger partial charge in [0.25, 0.3) is 0 Å². The first-order valence-electron chi connectivity index (χ1n) is 6.63. The zero-order valence-electron chi connectivity index (χ0n) is 11.8. The molecule has 0 spiro atoms. The first-order chi connectivity index (χ1) is 9.74. The predicted molar refractivity (Wildman–Crippen MR) is 88.6 cm³/mol. The number of nitrogens with one attached hydrogen (secondary N) is 1. The van der Waals surface area contributed by atoms with Gasteiger partial charge in [0.05, 0.1) is 0 Å². The third-order valence-corrected chi connectivity index (χ3v) is 3.21. The van der Waals surface area contributed by atoms with Crippen LogP contribution in [0.1, 0.15) is 6.92 Å². The highest BCUT2D eigenvalue weighted by molar-refractivity contribution is 5.66. The Morgan fingerprint density at radius 1 is 0.850 bits per heavy atom. The van der Waals surface area contributed by atoms with Crippen molar-refractivity contribution in [1.82, 2.24) is 0 Å². The van der Waals surface area contributed by atoms with E-state index in [1.807, 2.05) is 37.3 Å². The van der Waals surface area contributed by atoms with Crippen molar-refractivity contribution in [1.29, 1.82) is 0 Å². The average Bonchev–Trinajstić information content (AvgIpc) is 2.53. The summed E-state index contributed by atoms with van der Waals surface area (Å²) in [7, 11) is 0. The molecule has 2 aromatic rings. The van der Waals surface area contributed by atoms with Gasteiger partial charge >= 0.3 is 0 Å². The lowest BCUT2D eigenvalue weighted by Gasteiger charge is -2.10. The summed E-state index contributed by atoms with van der Waals surface area (Å²) in [6.45, 7) is 9.61. The Labute approximate surface area is 121 Å². The lowest BCUT2D eigenvalue weighted by Crippen LogP contribution is -1.98. The van der Waals surface area contributed by atoms with Crippen LogP contribution in [0.2, 0.25) is 0 Å². The Hall–Kier alpha value is -2.54. The molecule has 0 radical (unpaired) electrons. The largest absolute Gasteiger partial charge is 0.355 e. The quantitative estimate of drug-likeness (QED) is 0.709. The molecule has 0 aromatic heterocycles. The highest BCUT2D eigenvalue weighted by Crippen LogP contribution is 2.22. The van der Waals surface area contributed by atoms with Crippen LogP contribution in [0.3, 0.4) is 0 Å². The van der Waals surface area contributed by atoms with Gasteiger partial charge in [0.2, 0.25) is 0 Å². The van der Waals surface area contributed by atoms with E-state index in [-0.39, 0.29) is 0 Å². The van der Waals surface area contributed by atoms with Gasteiger partial charge in [0, 0.05) is 11.4 Å². The van der Waals surface area contributed by atoms with Gasteiger partial charge in [-0.15, -0.1) is 0 Å². The van der Waals surface area contributed by atoms with Gasteiger partial charge in [-0.1, -0.05) is 61.7 Å². The van der Waals surface area contributed by atoms with E-state index in [2.05, 4.69) is 54.9 Å². The van der Waals surface area contributed by atoms with E-state index in [0.29, 0.717) is 0 Å². The Balaban J connectivity index is 2.21. The first kappa shape index (κ1) is 13.9. The van der Waals surface area contributed by atoms with Gasteiger partial charge in [-0.25, -0.2) is 0 Å². The van der Waals surface area contributed by atoms with Crippen LogP contribution in [0, 0.1) is 0 Å². The van der Waals surface area contributed by atoms with E-state index in [1.54, 1.807) is 0 Å². The lowest BCUT2D eigenvalue weighted by molar-refractivity contribution is 1.37. The second-order valence-corrected chi connectivity index (χ2v) is 4.57. The van der Waals surface area contributed by atoms with E-state index < -0.39 is 0 Å². The Kier molecular flexibility index (Phi) is 4.56. The number of allylic oxidation sites excluding steroid dienone is 3. The summed E-state index contributed by atoms with van der Waals surface area (Å²) in [4.78, 5) is 0. The highest BCUT2D eigenvalue weighted by Gasteiger charge is 1.99. The van der Waals surface area contributed by atoms with Gasteiger partial charge in [-0.2, -0.15) is 0 Å². The molecule has 0 aliphatic rings. The first-order valence-corrected chi connectivity index (χ1v) is 6.63. The molecule has 0 aliphatic carbocycles. The van der Waals surface area contributed by atoms with E-state index in [1.165, 1.54) is 11.1 Å². The molecule has 0 unspecified atom stereocenters. The lowest BCUT2D eigenvalue weighted by atomic mass is 10.1. The fourth-order valence-electron chi connectivity index (χ4n) is 1.95. The van der Waals surface area contributed by atoms with Gasteiger partial charge in [-0.05, 0) is 41.8 Å². The van der Waals surface area contributed by atoms with Crippen molar-refractivity contribution in [3.63, 3.8) is 0 Å². The molecule has 20 heavy (non-hydrogen) atoms. The maximum atomic E-state index is 3.82. The topological polar surface area (TPSA) is 12.0 Å². The van der Waals surface area contributed by atoms with Crippen LogP contribution < -0.4 is 5.32 Å². The molecule has 1 heteroatoms. The highest BCUT2D eigenvalue weighted by atomic mass is 14.9. The summed E-state index contributed by atoms with van der Waals surface area (Å²) >= 11 is 0. The van der Waals surface area contributed by atoms with Crippen molar-refractivity contribution in [2.45, 2.75) is 6.92 Å². The van der Waals surface area contributed by atoms with Crippen LogP contribution in [-0.2, 0) is 0 Å². The van der Waals surface area contributed by atoms with Crippen molar-refractivity contribution in [3.05, 3.63) is 91.2 Å².